The van der Waals surface area contributed by atoms with Crippen LogP contribution in [0.5, 0.6) is 0 Å². The molecule has 1 aliphatic heterocycles. The molecule has 1 aromatic carbocycles. The average molecular weight is 235 g/mol. The van der Waals surface area contributed by atoms with Crippen molar-refractivity contribution in [2.45, 2.75) is 42.8 Å². The van der Waals surface area contributed by atoms with Gasteiger partial charge in [0.15, 0.2) is 0 Å². The Balaban J connectivity index is 1.67. The third kappa shape index (κ3) is 3.26. The molecule has 88 valence electrons. The van der Waals surface area contributed by atoms with Gasteiger partial charge in [-0.1, -0.05) is 25.1 Å². The molecule has 0 saturated heterocycles. The van der Waals surface area contributed by atoms with E-state index in [4.69, 9.17) is 0 Å². The van der Waals surface area contributed by atoms with Gasteiger partial charge in [-0.05, 0) is 50.4 Å². The quantitative estimate of drug-likeness (QED) is 0.758. The lowest BCUT2D eigenvalue weighted by Gasteiger charge is -2.08. The predicted molar refractivity (Wildman–Crippen MR) is 72.2 cm³/mol. The summed E-state index contributed by atoms with van der Waals surface area (Å²) in [4.78, 5) is 1.51. The van der Waals surface area contributed by atoms with Crippen LogP contribution in [0.4, 0.5) is 0 Å². The van der Waals surface area contributed by atoms with Crippen LogP contribution in [0.15, 0.2) is 29.2 Å². The Kier molecular flexibility index (Phi) is 4.73. The largest absolute Gasteiger partial charge is 0.317 e. The molecule has 0 spiro atoms. The van der Waals surface area contributed by atoms with Crippen molar-refractivity contribution in [3.63, 3.8) is 0 Å². The van der Waals surface area contributed by atoms with Crippen LogP contribution in [0.25, 0.3) is 0 Å². The minimum Gasteiger partial charge on any atom is -0.317 e. The van der Waals surface area contributed by atoms with Crippen molar-refractivity contribution < 1.29 is 0 Å². The zero-order chi connectivity index (χ0) is 11.2. The molecule has 1 N–H and O–H groups in total. The van der Waals surface area contributed by atoms with Crippen molar-refractivity contribution >= 4 is 11.8 Å². The maximum absolute atomic E-state index is 3.47. The Hall–Kier alpha value is -0.470. The van der Waals surface area contributed by atoms with Gasteiger partial charge in [-0.3, -0.25) is 0 Å². The molecule has 16 heavy (non-hydrogen) atoms. The first-order valence-corrected chi connectivity index (χ1v) is 7.23. The van der Waals surface area contributed by atoms with Crippen LogP contribution < -0.4 is 5.32 Å². The highest BCUT2D eigenvalue weighted by Crippen LogP contribution is 2.38. The SMILES string of the molecule is CCCNCCCC1Cc2ccccc2S1. The standard InChI is InChI=1S/C14H21NS/c1-2-9-15-10-5-7-13-11-12-6-3-4-8-14(12)16-13/h3-4,6,8,13,15H,2,5,7,9-11H2,1H3. The van der Waals surface area contributed by atoms with Crippen molar-refractivity contribution in [1.29, 1.82) is 0 Å². The summed E-state index contributed by atoms with van der Waals surface area (Å²) in [5.41, 5.74) is 1.55. The number of benzene rings is 1. The highest BCUT2D eigenvalue weighted by molar-refractivity contribution is 8.00. The first-order chi connectivity index (χ1) is 7.90. The zero-order valence-electron chi connectivity index (χ0n) is 10.0. The number of fused-ring (bicyclic) bond motifs is 1. The van der Waals surface area contributed by atoms with Crippen LogP contribution in [0.1, 0.15) is 31.7 Å². The average Bonchev–Trinajstić information content (AvgIpc) is 2.71. The van der Waals surface area contributed by atoms with Crippen LogP contribution in [0, 0.1) is 0 Å². The molecule has 1 aromatic rings. The Morgan fingerprint density at radius 3 is 3.00 bits per heavy atom. The second kappa shape index (κ2) is 6.31. The van der Waals surface area contributed by atoms with Crippen LogP contribution in [0.3, 0.4) is 0 Å². The molecule has 2 rings (SSSR count). The molecule has 1 unspecified atom stereocenters. The van der Waals surface area contributed by atoms with Gasteiger partial charge in [-0.15, -0.1) is 11.8 Å². The monoisotopic (exact) mass is 235 g/mol. The first-order valence-electron chi connectivity index (χ1n) is 6.35. The minimum absolute atomic E-state index is 0.820. The Labute approximate surface area is 103 Å². The molecule has 2 heteroatoms. The van der Waals surface area contributed by atoms with Crippen molar-refractivity contribution in [3.8, 4) is 0 Å². The van der Waals surface area contributed by atoms with E-state index in [1.165, 1.54) is 37.1 Å². The summed E-state index contributed by atoms with van der Waals surface area (Å²) >= 11 is 2.07. The van der Waals surface area contributed by atoms with Crippen LogP contribution in [-0.2, 0) is 6.42 Å². The fraction of sp³-hybridized carbons (Fsp3) is 0.571. The molecule has 1 aliphatic rings. The summed E-state index contributed by atoms with van der Waals surface area (Å²) in [7, 11) is 0. The van der Waals surface area contributed by atoms with E-state index in [9.17, 15) is 0 Å². The molecular formula is C14H21NS. The normalized spacial score (nSPS) is 18.7. The molecular weight excluding hydrogens is 214 g/mol. The zero-order valence-corrected chi connectivity index (χ0v) is 10.9. The van der Waals surface area contributed by atoms with Gasteiger partial charge < -0.3 is 5.32 Å². The van der Waals surface area contributed by atoms with Gasteiger partial charge in [0.25, 0.3) is 0 Å². The molecule has 1 nitrogen and oxygen atoms in total. The highest BCUT2D eigenvalue weighted by Gasteiger charge is 2.20. The van der Waals surface area contributed by atoms with Gasteiger partial charge in [-0.2, -0.15) is 0 Å². The van der Waals surface area contributed by atoms with Crippen molar-refractivity contribution in [2.75, 3.05) is 13.1 Å². The van der Waals surface area contributed by atoms with Crippen molar-refractivity contribution in [2.24, 2.45) is 0 Å². The molecule has 0 fully saturated rings. The lowest BCUT2D eigenvalue weighted by Crippen LogP contribution is -2.17. The Bertz CT molecular complexity index is 299. The van der Waals surface area contributed by atoms with E-state index in [-0.39, 0.29) is 0 Å². The van der Waals surface area contributed by atoms with Gasteiger partial charge in [0.05, 0.1) is 0 Å². The van der Waals surface area contributed by atoms with Gasteiger partial charge in [0.1, 0.15) is 0 Å². The smallest absolute Gasteiger partial charge is 0.0136 e. The lowest BCUT2D eigenvalue weighted by atomic mass is 10.1. The van der Waals surface area contributed by atoms with Crippen molar-refractivity contribution in [3.05, 3.63) is 29.8 Å². The fourth-order valence-electron chi connectivity index (χ4n) is 2.17. The van der Waals surface area contributed by atoms with E-state index in [1.807, 2.05) is 0 Å². The van der Waals surface area contributed by atoms with E-state index in [2.05, 4.69) is 48.3 Å². The summed E-state index contributed by atoms with van der Waals surface area (Å²) in [6.45, 7) is 4.57. The molecule has 0 saturated carbocycles. The van der Waals surface area contributed by atoms with E-state index < -0.39 is 0 Å². The van der Waals surface area contributed by atoms with E-state index in [1.54, 1.807) is 5.56 Å². The first kappa shape index (κ1) is 12.0. The summed E-state index contributed by atoms with van der Waals surface area (Å²) in [5, 5.41) is 4.29. The Morgan fingerprint density at radius 1 is 1.31 bits per heavy atom. The maximum atomic E-state index is 3.47. The molecule has 0 bridgehead atoms. The van der Waals surface area contributed by atoms with E-state index >= 15 is 0 Å². The lowest BCUT2D eigenvalue weighted by molar-refractivity contribution is 0.607. The highest BCUT2D eigenvalue weighted by atomic mass is 32.2. The Morgan fingerprint density at radius 2 is 2.19 bits per heavy atom. The number of hydrogen-bond donors (Lipinski definition) is 1. The van der Waals surface area contributed by atoms with Crippen LogP contribution >= 0.6 is 11.8 Å². The summed E-state index contributed by atoms with van der Waals surface area (Å²) < 4.78 is 0. The topological polar surface area (TPSA) is 12.0 Å². The van der Waals surface area contributed by atoms with E-state index in [0.717, 1.165) is 11.8 Å². The molecule has 0 aliphatic carbocycles. The van der Waals surface area contributed by atoms with Gasteiger partial charge >= 0.3 is 0 Å². The number of nitrogens with one attached hydrogen (secondary N) is 1. The van der Waals surface area contributed by atoms with Gasteiger partial charge in [0.2, 0.25) is 0 Å². The fourth-order valence-corrected chi connectivity index (χ4v) is 3.54. The van der Waals surface area contributed by atoms with Crippen LogP contribution in [-0.4, -0.2) is 18.3 Å². The predicted octanol–water partition coefficient (Wildman–Crippen LogP) is 3.48. The second-order valence-corrected chi connectivity index (χ2v) is 5.79. The third-order valence-corrected chi connectivity index (χ3v) is 4.41. The summed E-state index contributed by atoms with van der Waals surface area (Å²) in [5.74, 6) is 0. The number of hydrogen-bond acceptors (Lipinski definition) is 2. The maximum Gasteiger partial charge on any atom is 0.0136 e. The van der Waals surface area contributed by atoms with Gasteiger partial charge in [0, 0.05) is 10.1 Å². The van der Waals surface area contributed by atoms with E-state index in [0.29, 0.717) is 0 Å². The summed E-state index contributed by atoms with van der Waals surface area (Å²) in [6.07, 6.45) is 5.17. The number of rotatable bonds is 6. The van der Waals surface area contributed by atoms with Crippen LogP contribution in [0.2, 0.25) is 0 Å². The third-order valence-electron chi connectivity index (χ3n) is 3.02. The molecule has 1 atom stereocenters. The summed E-state index contributed by atoms with van der Waals surface area (Å²) in [6, 6.07) is 8.84. The molecule has 0 radical (unpaired) electrons. The van der Waals surface area contributed by atoms with Gasteiger partial charge in [-0.25, -0.2) is 0 Å². The molecule has 1 heterocycles. The minimum atomic E-state index is 0.820. The molecule has 0 aromatic heterocycles. The van der Waals surface area contributed by atoms with Crippen molar-refractivity contribution in [1.82, 2.24) is 5.32 Å². The number of thioether (sulfide) groups is 1. The second-order valence-electron chi connectivity index (χ2n) is 4.44. The molecule has 0 amide bonds.